The highest BCUT2D eigenvalue weighted by atomic mass is 32.2. The fourth-order valence-electron chi connectivity index (χ4n) is 2.93. The zero-order chi connectivity index (χ0) is 19.9. The summed E-state index contributed by atoms with van der Waals surface area (Å²) in [5.41, 5.74) is 2.39. The molecule has 3 aromatic rings. The number of halogens is 2. The Hall–Kier alpha value is -2.61. The van der Waals surface area contributed by atoms with Crippen molar-refractivity contribution in [2.75, 3.05) is 25.0 Å². The molecule has 1 amide bonds. The van der Waals surface area contributed by atoms with Crippen LogP contribution in [0.3, 0.4) is 0 Å². The van der Waals surface area contributed by atoms with Crippen molar-refractivity contribution in [3.63, 3.8) is 0 Å². The standard InChI is InChI=1S/C20H22F2N4OS/c1-25(15-8-3-2-4-9-15)13-7-12-23-18(27)14-26-17-11-6-5-10-16(17)24-20(26)28-19(21)22/h2-6,8-11,19H,7,12-14H2,1H3,(H,23,27). The Balaban J connectivity index is 1.55. The van der Waals surface area contributed by atoms with Gasteiger partial charge in [0.2, 0.25) is 5.91 Å². The summed E-state index contributed by atoms with van der Waals surface area (Å²) in [6, 6.07) is 17.1. The maximum absolute atomic E-state index is 12.8. The molecule has 148 valence electrons. The van der Waals surface area contributed by atoms with Gasteiger partial charge >= 0.3 is 0 Å². The molecule has 0 saturated carbocycles. The van der Waals surface area contributed by atoms with Gasteiger partial charge in [0.15, 0.2) is 5.16 Å². The third-order valence-electron chi connectivity index (χ3n) is 4.31. The number of hydrogen-bond donors (Lipinski definition) is 1. The zero-order valence-electron chi connectivity index (χ0n) is 15.5. The van der Waals surface area contributed by atoms with Crippen LogP contribution in [0, 0.1) is 0 Å². The summed E-state index contributed by atoms with van der Waals surface area (Å²) >= 11 is 0.355. The molecule has 0 bridgehead atoms. The lowest BCUT2D eigenvalue weighted by Crippen LogP contribution is -2.31. The van der Waals surface area contributed by atoms with Crippen LogP contribution in [0.5, 0.6) is 0 Å². The predicted molar refractivity (Wildman–Crippen MR) is 109 cm³/mol. The molecule has 0 spiro atoms. The molecule has 28 heavy (non-hydrogen) atoms. The topological polar surface area (TPSA) is 50.2 Å². The van der Waals surface area contributed by atoms with E-state index in [2.05, 4.69) is 15.2 Å². The van der Waals surface area contributed by atoms with E-state index >= 15 is 0 Å². The quantitative estimate of drug-likeness (QED) is 0.433. The molecule has 1 heterocycles. The van der Waals surface area contributed by atoms with Gasteiger partial charge in [-0.2, -0.15) is 8.78 Å². The second-order valence-electron chi connectivity index (χ2n) is 6.31. The minimum absolute atomic E-state index is 0.0376. The molecule has 1 aromatic heterocycles. The van der Waals surface area contributed by atoms with Crippen LogP contribution in [0.25, 0.3) is 11.0 Å². The molecule has 0 radical (unpaired) electrons. The van der Waals surface area contributed by atoms with E-state index in [0.29, 0.717) is 29.3 Å². The highest BCUT2D eigenvalue weighted by Gasteiger charge is 2.17. The molecule has 0 saturated heterocycles. The Morgan fingerprint density at radius 2 is 1.89 bits per heavy atom. The van der Waals surface area contributed by atoms with Gasteiger partial charge in [-0.05, 0) is 42.4 Å². The fraction of sp³-hybridized carbons (Fsp3) is 0.300. The molecule has 0 aliphatic heterocycles. The maximum atomic E-state index is 12.8. The number of thioether (sulfide) groups is 1. The van der Waals surface area contributed by atoms with E-state index in [4.69, 9.17) is 0 Å². The van der Waals surface area contributed by atoms with Gasteiger partial charge in [-0.3, -0.25) is 4.79 Å². The highest BCUT2D eigenvalue weighted by molar-refractivity contribution is 7.99. The zero-order valence-corrected chi connectivity index (χ0v) is 16.3. The van der Waals surface area contributed by atoms with Gasteiger partial charge in [-0.25, -0.2) is 4.98 Å². The number of amides is 1. The van der Waals surface area contributed by atoms with Crippen molar-refractivity contribution in [3.05, 3.63) is 54.6 Å². The molecule has 0 aliphatic rings. The van der Waals surface area contributed by atoms with Crippen molar-refractivity contribution in [1.29, 1.82) is 0 Å². The summed E-state index contributed by atoms with van der Waals surface area (Å²) in [6.45, 7) is 1.27. The number of aromatic nitrogens is 2. The molecule has 1 N–H and O–H groups in total. The van der Waals surface area contributed by atoms with Crippen molar-refractivity contribution >= 4 is 34.4 Å². The molecule has 3 rings (SSSR count). The Kier molecular flexibility index (Phi) is 6.86. The summed E-state index contributed by atoms with van der Waals surface area (Å²) in [5.74, 6) is -2.81. The second kappa shape index (κ2) is 9.54. The van der Waals surface area contributed by atoms with E-state index < -0.39 is 5.76 Å². The van der Waals surface area contributed by atoms with Crippen LogP contribution >= 0.6 is 11.8 Å². The van der Waals surface area contributed by atoms with Crippen molar-refractivity contribution in [3.8, 4) is 0 Å². The number of carbonyl (C=O) groups is 1. The van der Waals surface area contributed by atoms with Crippen molar-refractivity contribution < 1.29 is 13.6 Å². The van der Waals surface area contributed by atoms with Gasteiger partial charge in [-0.15, -0.1) is 0 Å². The number of nitrogens with one attached hydrogen (secondary N) is 1. The predicted octanol–water partition coefficient (Wildman–Crippen LogP) is 3.99. The first-order valence-electron chi connectivity index (χ1n) is 8.97. The van der Waals surface area contributed by atoms with Crippen molar-refractivity contribution in [1.82, 2.24) is 14.9 Å². The molecular formula is C20H22F2N4OS. The Labute approximate surface area is 166 Å². The van der Waals surface area contributed by atoms with E-state index in [9.17, 15) is 13.6 Å². The van der Waals surface area contributed by atoms with Crippen LogP contribution in [0.15, 0.2) is 59.8 Å². The number of para-hydroxylation sites is 3. The van der Waals surface area contributed by atoms with Crippen LogP contribution in [0.1, 0.15) is 6.42 Å². The van der Waals surface area contributed by atoms with Crippen LogP contribution < -0.4 is 10.2 Å². The van der Waals surface area contributed by atoms with E-state index in [-0.39, 0.29) is 17.6 Å². The first-order chi connectivity index (χ1) is 13.5. The smallest absolute Gasteiger partial charge is 0.291 e. The average Bonchev–Trinajstić information content (AvgIpc) is 3.02. The minimum Gasteiger partial charge on any atom is -0.375 e. The SMILES string of the molecule is CN(CCCNC(=O)Cn1c(SC(F)F)nc2ccccc21)c1ccccc1. The molecule has 2 aromatic carbocycles. The number of alkyl halides is 2. The summed E-state index contributed by atoms with van der Waals surface area (Å²) in [7, 11) is 2.00. The monoisotopic (exact) mass is 404 g/mol. The van der Waals surface area contributed by atoms with Gasteiger partial charge in [0, 0.05) is 25.8 Å². The van der Waals surface area contributed by atoms with Crippen molar-refractivity contribution in [2.45, 2.75) is 23.9 Å². The second-order valence-corrected chi connectivity index (χ2v) is 7.27. The normalized spacial score (nSPS) is 11.1. The van der Waals surface area contributed by atoms with Crippen LogP contribution in [0.2, 0.25) is 0 Å². The van der Waals surface area contributed by atoms with Gasteiger partial charge in [0.25, 0.3) is 5.76 Å². The fourth-order valence-corrected chi connectivity index (χ4v) is 3.53. The lowest BCUT2D eigenvalue weighted by molar-refractivity contribution is -0.121. The molecule has 8 heteroatoms. The van der Waals surface area contributed by atoms with E-state index in [0.717, 1.165) is 18.7 Å². The minimum atomic E-state index is -2.59. The summed E-state index contributed by atoms with van der Waals surface area (Å²) in [5, 5.41) is 3.01. The molecular weight excluding hydrogens is 382 g/mol. The number of nitrogens with zero attached hydrogens (tertiary/aromatic N) is 3. The number of hydrogen-bond acceptors (Lipinski definition) is 4. The Morgan fingerprint density at radius 3 is 2.64 bits per heavy atom. The van der Waals surface area contributed by atoms with Crippen LogP contribution in [0.4, 0.5) is 14.5 Å². The van der Waals surface area contributed by atoms with E-state index in [1.807, 2.05) is 37.4 Å². The van der Waals surface area contributed by atoms with Crippen LogP contribution in [-0.2, 0) is 11.3 Å². The number of carbonyl (C=O) groups excluding carboxylic acids is 1. The van der Waals surface area contributed by atoms with Gasteiger partial charge in [-0.1, -0.05) is 30.3 Å². The summed E-state index contributed by atoms with van der Waals surface area (Å²) < 4.78 is 27.2. The highest BCUT2D eigenvalue weighted by Crippen LogP contribution is 2.28. The van der Waals surface area contributed by atoms with E-state index in [1.54, 1.807) is 24.3 Å². The van der Waals surface area contributed by atoms with Gasteiger partial charge < -0.3 is 14.8 Å². The third-order valence-corrected chi connectivity index (χ3v) is 5.01. The maximum Gasteiger partial charge on any atom is 0.291 e. The van der Waals surface area contributed by atoms with Crippen LogP contribution in [-0.4, -0.2) is 41.4 Å². The molecule has 0 atom stereocenters. The first-order valence-corrected chi connectivity index (χ1v) is 9.85. The Bertz CT molecular complexity index is 917. The first kappa shape index (κ1) is 20.1. The lowest BCUT2D eigenvalue weighted by Gasteiger charge is -2.19. The van der Waals surface area contributed by atoms with Gasteiger partial charge in [0.1, 0.15) is 6.54 Å². The third kappa shape index (κ3) is 5.22. The number of imidazole rings is 1. The Morgan fingerprint density at radius 1 is 1.18 bits per heavy atom. The van der Waals surface area contributed by atoms with Gasteiger partial charge in [0.05, 0.1) is 11.0 Å². The molecule has 0 aliphatic carbocycles. The summed E-state index contributed by atoms with van der Waals surface area (Å²) in [6.07, 6.45) is 0.778. The summed E-state index contributed by atoms with van der Waals surface area (Å²) in [4.78, 5) is 18.7. The number of benzene rings is 2. The molecule has 0 unspecified atom stereocenters. The largest absolute Gasteiger partial charge is 0.375 e. The number of rotatable bonds is 9. The number of fused-ring (bicyclic) bond motifs is 1. The molecule has 5 nitrogen and oxygen atoms in total. The average molecular weight is 404 g/mol. The van der Waals surface area contributed by atoms with E-state index in [1.165, 1.54) is 4.57 Å². The lowest BCUT2D eigenvalue weighted by atomic mass is 10.3. The number of anilines is 1. The molecule has 0 fully saturated rings. The van der Waals surface area contributed by atoms with Crippen molar-refractivity contribution in [2.24, 2.45) is 0 Å².